The van der Waals surface area contributed by atoms with Gasteiger partial charge in [0, 0.05) is 22.9 Å². The summed E-state index contributed by atoms with van der Waals surface area (Å²) < 4.78 is 11.5. The molecule has 1 aromatic carbocycles. The Hall–Kier alpha value is -3.52. The fourth-order valence-corrected chi connectivity index (χ4v) is 4.62. The molecule has 0 fully saturated rings. The number of rotatable bonds is 4. The number of benzene rings is 1. The van der Waals surface area contributed by atoms with E-state index in [-0.39, 0.29) is 31.0 Å². The molecule has 0 saturated heterocycles. The van der Waals surface area contributed by atoms with E-state index in [1.54, 1.807) is 17.6 Å². The van der Waals surface area contributed by atoms with Gasteiger partial charge in [-0.15, -0.1) is 0 Å². The third-order valence-corrected chi connectivity index (χ3v) is 6.47. The first-order valence-electron chi connectivity index (χ1n) is 10.5. The molecule has 0 amide bonds. The maximum absolute atomic E-state index is 13.2. The van der Waals surface area contributed by atoms with Crippen LogP contribution in [0.1, 0.15) is 42.0 Å². The van der Waals surface area contributed by atoms with Crippen LogP contribution in [0.5, 0.6) is 0 Å². The van der Waals surface area contributed by atoms with Gasteiger partial charge in [0.25, 0.3) is 5.56 Å². The first-order chi connectivity index (χ1) is 15.4. The Balaban J connectivity index is 1.66. The molecule has 1 atom stereocenters. The zero-order valence-corrected chi connectivity index (χ0v) is 17.8. The number of ether oxygens (including phenoxy) is 2. The predicted molar refractivity (Wildman–Crippen MR) is 115 cm³/mol. The second-order valence-corrected chi connectivity index (χ2v) is 8.16. The highest BCUT2D eigenvalue weighted by atomic mass is 16.6. The Labute approximate surface area is 183 Å². The summed E-state index contributed by atoms with van der Waals surface area (Å²) in [6.07, 6.45) is 0.890. The van der Waals surface area contributed by atoms with Crippen LogP contribution in [0, 0.1) is 0 Å². The minimum absolute atomic E-state index is 0.100. The number of aromatic nitrogens is 2. The Kier molecular flexibility index (Phi) is 4.63. The maximum Gasteiger partial charge on any atom is 0.343 e. The number of aryl methyl sites for hydroxylation is 1. The van der Waals surface area contributed by atoms with Crippen molar-refractivity contribution in [1.82, 2.24) is 9.55 Å². The zero-order chi connectivity index (χ0) is 22.6. The summed E-state index contributed by atoms with van der Waals surface area (Å²) in [5, 5.41) is 11.9. The monoisotopic (exact) mass is 434 g/mol. The van der Waals surface area contributed by atoms with E-state index in [0.29, 0.717) is 35.5 Å². The number of methoxy groups -OCH3 is 1. The van der Waals surface area contributed by atoms with E-state index in [2.05, 4.69) is 0 Å². The number of carbonyl (C=O) groups excluding carboxylic acids is 2. The summed E-state index contributed by atoms with van der Waals surface area (Å²) in [7, 11) is 1.37. The first-order valence-corrected chi connectivity index (χ1v) is 10.5. The summed E-state index contributed by atoms with van der Waals surface area (Å²) in [5.74, 6) is -1.02. The molecule has 164 valence electrons. The molecule has 1 N–H and O–H groups in total. The van der Waals surface area contributed by atoms with Crippen LogP contribution in [-0.4, -0.2) is 33.7 Å². The number of carbonyl (C=O) groups is 2. The number of hydrogen-bond donors (Lipinski definition) is 1. The number of esters is 2. The average molecular weight is 434 g/mol. The molecule has 0 unspecified atom stereocenters. The second kappa shape index (κ2) is 7.27. The van der Waals surface area contributed by atoms with Gasteiger partial charge in [0.05, 0.1) is 36.1 Å². The highest BCUT2D eigenvalue weighted by molar-refractivity contribution is 5.88. The number of fused-ring (bicyclic) bond motifs is 5. The molecule has 32 heavy (non-hydrogen) atoms. The lowest BCUT2D eigenvalue weighted by Gasteiger charge is -2.31. The molecule has 0 aliphatic carbocycles. The van der Waals surface area contributed by atoms with Gasteiger partial charge in [-0.25, -0.2) is 9.78 Å². The van der Waals surface area contributed by atoms with Crippen LogP contribution in [0.15, 0.2) is 35.1 Å². The normalized spacial score (nSPS) is 18.7. The lowest BCUT2D eigenvalue weighted by Crippen LogP contribution is -2.44. The minimum Gasteiger partial charge on any atom is -0.469 e. The standard InChI is InChI=1S/C24H22N2O6/c1-3-24(30)17-10-19-21-14(11-26(19)22(28)16(17)12-32-23(24)29)9-15-13(7-8-20(27)31-2)5-4-6-18(15)25-21/h4-6,9-10,30H,3,7-8,11-12H2,1-2H3/t24-/m0/s1. The minimum atomic E-state index is -1.84. The maximum atomic E-state index is 13.2. The van der Waals surface area contributed by atoms with Crippen LogP contribution in [0.2, 0.25) is 0 Å². The molecule has 8 heteroatoms. The van der Waals surface area contributed by atoms with Crippen LogP contribution in [-0.2, 0) is 44.2 Å². The number of nitrogens with zero attached hydrogens (tertiary/aromatic N) is 2. The Morgan fingerprint density at radius 1 is 1.31 bits per heavy atom. The summed E-state index contributed by atoms with van der Waals surface area (Å²) >= 11 is 0. The molecule has 8 nitrogen and oxygen atoms in total. The zero-order valence-electron chi connectivity index (χ0n) is 17.8. The van der Waals surface area contributed by atoms with Crippen molar-refractivity contribution >= 4 is 22.8 Å². The van der Waals surface area contributed by atoms with Crippen molar-refractivity contribution in [2.45, 2.75) is 44.9 Å². The number of pyridine rings is 2. The largest absolute Gasteiger partial charge is 0.469 e. The number of hydrogen-bond acceptors (Lipinski definition) is 7. The summed E-state index contributed by atoms with van der Waals surface area (Å²) in [6, 6.07) is 9.43. The van der Waals surface area contributed by atoms with Crippen molar-refractivity contribution in [3.8, 4) is 11.4 Å². The lowest BCUT2D eigenvalue weighted by atomic mass is 9.86. The second-order valence-electron chi connectivity index (χ2n) is 8.16. The van der Waals surface area contributed by atoms with Crippen LogP contribution in [0.3, 0.4) is 0 Å². The topological polar surface area (TPSA) is 108 Å². The van der Waals surface area contributed by atoms with Gasteiger partial charge in [-0.05, 0) is 36.6 Å². The van der Waals surface area contributed by atoms with Gasteiger partial charge in [-0.1, -0.05) is 19.1 Å². The molecule has 5 rings (SSSR count). The summed E-state index contributed by atoms with van der Waals surface area (Å²) in [5.41, 5.74) is 2.29. The van der Waals surface area contributed by atoms with Crippen LogP contribution in [0.4, 0.5) is 0 Å². The van der Waals surface area contributed by atoms with E-state index in [4.69, 9.17) is 14.5 Å². The van der Waals surface area contributed by atoms with Crippen molar-refractivity contribution in [2.24, 2.45) is 0 Å². The van der Waals surface area contributed by atoms with E-state index < -0.39 is 11.6 Å². The van der Waals surface area contributed by atoms with E-state index in [1.807, 2.05) is 24.3 Å². The molecule has 0 saturated carbocycles. The number of cyclic esters (lactones) is 1. The molecule has 3 aromatic rings. The van der Waals surface area contributed by atoms with Crippen LogP contribution < -0.4 is 5.56 Å². The molecule has 0 spiro atoms. The average Bonchev–Trinajstić information content (AvgIpc) is 3.16. The molecule has 2 aliphatic heterocycles. The third kappa shape index (κ3) is 2.86. The lowest BCUT2D eigenvalue weighted by molar-refractivity contribution is -0.172. The van der Waals surface area contributed by atoms with Gasteiger partial charge >= 0.3 is 11.9 Å². The van der Waals surface area contributed by atoms with E-state index in [9.17, 15) is 19.5 Å². The molecule has 2 aromatic heterocycles. The fourth-order valence-electron chi connectivity index (χ4n) is 4.62. The van der Waals surface area contributed by atoms with Gasteiger partial charge in [-0.3, -0.25) is 9.59 Å². The highest BCUT2D eigenvalue weighted by Gasteiger charge is 2.45. The summed E-state index contributed by atoms with van der Waals surface area (Å²) in [4.78, 5) is 41.9. The molecule has 0 bridgehead atoms. The smallest absolute Gasteiger partial charge is 0.343 e. The predicted octanol–water partition coefficient (Wildman–Crippen LogP) is 2.19. The summed E-state index contributed by atoms with van der Waals surface area (Å²) in [6.45, 7) is 1.86. The molecule has 4 heterocycles. The molecular formula is C24H22N2O6. The SMILES string of the molecule is CC[C@@]1(O)C(=O)OCc2c1cc1n(c2=O)Cc2cc3c(CCC(=O)OC)cccc3nc2-1. The Bertz CT molecular complexity index is 1360. The fraction of sp³-hybridized carbons (Fsp3) is 0.333. The van der Waals surface area contributed by atoms with Gasteiger partial charge in [0.15, 0.2) is 5.60 Å². The first kappa shape index (κ1) is 20.4. The number of aliphatic hydroxyl groups is 1. The quantitative estimate of drug-likeness (QED) is 0.491. The molecule has 0 radical (unpaired) electrons. The van der Waals surface area contributed by atoms with E-state index >= 15 is 0 Å². The highest BCUT2D eigenvalue weighted by Crippen LogP contribution is 2.38. The van der Waals surface area contributed by atoms with Gasteiger partial charge < -0.3 is 19.1 Å². The van der Waals surface area contributed by atoms with E-state index in [1.165, 1.54) is 7.11 Å². The molecular weight excluding hydrogens is 412 g/mol. The molecule has 2 aliphatic rings. The Morgan fingerprint density at radius 2 is 2.12 bits per heavy atom. The van der Waals surface area contributed by atoms with Crippen LogP contribution in [0.25, 0.3) is 22.3 Å². The van der Waals surface area contributed by atoms with Gasteiger partial charge in [-0.2, -0.15) is 0 Å². The van der Waals surface area contributed by atoms with Gasteiger partial charge in [0.2, 0.25) is 0 Å². The van der Waals surface area contributed by atoms with Gasteiger partial charge in [0.1, 0.15) is 6.61 Å². The van der Waals surface area contributed by atoms with Crippen molar-refractivity contribution in [3.05, 3.63) is 62.9 Å². The van der Waals surface area contributed by atoms with Crippen molar-refractivity contribution in [1.29, 1.82) is 0 Å². The van der Waals surface area contributed by atoms with Crippen LogP contribution >= 0.6 is 0 Å². The van der Waals surface area contributed by atoms with E-state index in [0.717, 1.165) is 22.0 Å². The van der Waals surface area contributed by atoms with Crippen molar-refractivity contribution < 1.29 is 24.2 Å². The third-order valence-electron chi connectivity index (χ3n) is 6.47. The van der Waals surface area contributed by atoms with Crippen molar-refractivity contribution in [3.63, 3.8) is 0 Å². The van der Waals surface area contributed by atoms with Crippen molar-refractivity contribution in [2.75, 3.05) is 7.11 Å². The Morgan fingerprint density at radius 3 is 2.88 bits per heavy atom.